The molecule has 1 saturated heterocycles. The Hall–Kier alpha value is -2.15. The Morgan fingerprint density at radius 3 is 1.53 bits per heavy atom. The second-order valence-electron chi connectivity index (χ2n) is 3.44. The Labute approximate surface area is 111 Å². The second kappa shape index (κ2) is 11.0. The van der Waals surface area contributed by atoms with Gasteiger partial charge in [0.1, 0.15) is 13.2 Å². The molecule has 1 aliphatic rings. The number of ether oxygens (including phenoxy) is 2. The van der Waals surface area contributed by atoms with Crippen LogP contribution in [-0.2, 0) is 23.9 Å². The number of carbonyl (C=O) groups excluding carboxylic acids is 1. The van der Waals surface area contributed by atoms with Crippen LogP contribution in [0.25, 0.3) is 0 Å². The predicted octanol–water partition coefficient (Wildman–Crippen LogP) is 0.854. The summed E-state index contributed by atoms with van der Waals surface area (Å²) in [5.41, 5.74) is 0.352. The summed E-state index contributed by atoms with van der Waals surface area (Å²) in [7, 11) is 0. The summed E-state index contributed by atoms with van der Waals surface area (Å²) in [6.45, 7) is 10.3. The fourth-order valence-electron chi connectivity index (χ4n) is 0.412. The molecule has 0 unspecified atom stereocenters. The summed E-state index contributed by atoms with van der Waals surface area (Å²) in [6.07, 6.45) is 0. The van der Waals surface area contributed by atoms with Crippen molar-refractivity contribution in [2.24, 2.45) is 0 Å². The smallest absolute Gasteiger partial charge is 0.332 e. The number of rotatable bonds is 2. The molecule has 0 aromatic heterocycles. The van der Waals surface area contributed by atoms with Crippen molar-refractivity contribution in [3.63, 3.8) is 0 Å². The maximum Gasteiger partial charge on any atom is 0.332 e. The number of hydrogen-bond donors (Lipinski definition) is 2. The molecule has 0 amide bonds. The molecule has 2 N–H and O–H groups in total. The first-order chi connectivity index (χ1) is 8.68. The summed E-state index contributed by atoms with van der Waals surface area (Å²) in [5, 5.41) is 15.8. The number of carboxylic acids is 2. The van der Waals surface area contributed by atoms with E-state index >= 15 is 0 Å². The van der Waals surface area contributed by atoms with Gasteiger partial charge in [-0.3, -0.25) is 0 Å². The molecule has 1 aliphatic heterocycles. The first-order valence-corrected chi connectivity index (χ1v) is 5.19. The lowest BCUT2D eigenvalue weighted by Crippen LogP contribution is -2.22. The van der Waals surface area contributed by atoms with E-state index in [9.17, 15) is 14.4 Å². The summed E-state index contributed by atoms with van der Waals surface area (Å²) in [5.74, 6) is -2.13. The van der Waals surface area contributed by atoms with Crippen LogP contribution in [0.3, 0.4) is 0 Å². The summed E-state index contributed by atoms with van der Waals surface area (Å²) in [4.78, 5) is 29.3. The number of hydrogen-bond acceptors (Lipinski definition) is 5. The number of carbonyl (C=O) groups is 3. The van der Waals surface area contributed by atoms with Crippen LogP contribution in [0.15, 0.2) is 24.3 Å². The summed E-state index contributed by atoms with van der Waals surface area (Å²) >= 11 is 0. The molecule has 0 saturated carbocycles. The highest BCUT2D eigenvalue weighted by molar-refractivity contribution is 5.85. The third-order valence-corrected chi connectivity index (χ3v) is 1.44. The standard InChI is InChI=1S/C4H6O3.2C4H6O2/c5-4-3-6-1-2-7-4;2*1-3(2)4(5)6/h1-3H2;2*1H2,2H3,(H,5,6). The van der Waals surface area contributed by atoms with Gasteiger partial charge in [0.15, 0.2) is 0 Å². The molecule has 1 rings (SSSR count). The normalized spacial score (nSPS) is 12.6. The van der Waals surface area contributed by atoms with Gasteiger partial charge < -0.3 is 19.7 Å². The fourth-order valence-corrected chi connectivity index (χ4v) is 0.412. The molecule has 0 aliphatic carbocycles. The van der Waals surface area contributed by atoms with Crippen LogP contribution in [-0.4, -0.2) is 47.9 Å². The summed E-state index contributed by atoms with van der Waals surface area (Å²) in [6, 6.07) is 0. The van der Waals surface area contributed by atoms with Crippen molar-refractivity contribution in [1.29, 1.82) is 0 Å². The Kier molecular flexibility index (Phi) is 11.1. The van der Waals surface area contributed by atoms with E-state index in [1.54, 1.807) is 0 Å². The van der Waals surface area contributed by atoms with Crippen LogP contribution < -0.4 is 0 Å². The van der Waals surface area contributed by atoms with Crippen molar-refractivity contribution in [3.8, 4) is 0 Å². The van der Waals surface area contributed by atoms with Crippen molar-refractivity contribution >= 4 is 17.9 Å². The van der Waals surface area contributed by atoms with E-state index < -0.39 is 11.9 Å². The van der Waals surface area contributed by atoms with Crippen molar-refractivity contribution in [2.45, 2.75) is 13.8 Å². The van der Waals surface area contributed by atoms with Crippen molar-refractivity contribution in [3.05, 3.63) is 24.3 Å². The molecule has 0 spiro atoms. The van der Waals surface area contributed by atoms with Crippen molar-refractivity contribution in [2.75, 3.05) is 19.8 Å². The maximum atomic E-state index is 10.1. The van der Waals surface area contributed by atoms with Crippen LogP contribution in [0.5, 0.6) is 0 Å². The van der Waals surface area contributed by atoms with Crippen LogP contribution in [0, 0.1) is 0 Å². The van der Waals surface area contributed by atoms with Crippen LogP contribution in [0.1, 0.15) is 13.8 Å². The lowest BCUT2D eigenvalue weighted by atomic mass is 10.4. The topological polar surface area (TPSA) is 110 Å². The minimum absolute atomic E-state index is 0.125. The van der Waals surface area contributed by atoms with Crippen molar-refractivity contribution < 1.29 is 34.1 Å². The molecule has 1 fully saturated rings. The third kappa shape index (κ3) is 15.9. The first-order valence-electron chi connectivity index (χ1n) is 5.19. The number of cyclic esters (lactones) is 1. The van der Waals surface area contributed by atoms with Crippen LogP contribution in [0.2, 0.25) is 0 Å². The first kappa shape index (κ1) is 19.2. The fraction of sp³-hybridized carbons (Fsp3) is 0.417. The maximum absolute atomic E-state index is 10.1. The number of esters is 1. The quantitative estimate of drug-likeness (QED) is 0.567. The van der Waals surface area contributed by atoms with Gasteiger partial charge in [-0.25, -0.2) is 14.4 Å². The molecule has 0 aromatic rings. The molecule has 7 heteroatoms. The van der Waals surface area contributed by atoms with E-state index in [4.69, 9.17) is 14.9 Å². The number of carboxylic acid groups (broad SMARTS) is 2. The van der Waals surface area contributed by atoms with Gasteiger partial charge >= 0.3 is 17.9 Å². The van der Waals surface area contributed by atoms with E-state index in [2.05, 4.69) is 17.9 Å². The molecular formula is C12H18O7. The van der Waals surface area contributed by atoms with Gasteiger partial charge in [0, 0.05) is 11.1 Å². The van der Waals surface area contributed by atoms with E-state index in [0.717, 1.165) is 0 Å². The SMILES string of the molecule is C=C(C)C(=O)O.C=C(C)C(=O)O.O=C1COCCO1. The predicted molar refractivity (Wildman–Crippen MR) is 66.7 cm³/mol. The van der Waals surface area contributed by atoms with Gasteiger partial charge in [-0.1, -0.05) is 13.2 Å². The van der Waals surface area contributed by atoms with Gasteiger partial charge in [-0.15, -0.1) is 0 Å². The number of aliphatic carboxylic acids is 2. The molecule has 1 heterocycles. The lowest BCUT2D eigenvalue weighted by molar-refractivity contribution is -0.159. The van der Waals surface area contributed by atoms with Gasteiger partial charge in [0.05, 0.1) is 6.61 Å². The second-order valence-corrected chi connectivity index (χ2v) is 3.44. The average molecular weight is 274 g/mol. The van der Waals surface area contributed by atoms with E-state index in [1.807, 2.05) is 0 Å². The minimum Gasteiger partial charge on any atom is -0.478 e. The molecule has 7 nitrogen and oxygen atoms in total. The highest BCUT2D eigenvalue weighted by Crippen LogP contribution is 1.88. The highest BCUT2D eigenvalue weighted by Gasteiger charge is 2.06. The largest absolute Gasteiger partial charge is 0.478 e. The molecule has 19 heavy (non-hydrogen) atoms. The van der Waals surface area contributed by atoms with Gasteiger partial charge in [-0.05, 0) is 13.8 Å². The molecular weight excluding hydrogens is 256 g/mol. The Morgan fingerprint density at radius 2 is 1.42 bits per heavy atom. The monoisotopic (exact) mass is 274 g/mol. The molecule has 0 bridgehead atoms. The third-order valence-electron chi connectivity index (χ3n) is 1.44. The van der Waals surface area contributed by atoms with E-state index in [1.165, 1.54) is 13.8 Å². The Bertz CT molecular complexity index is 301. The highest BCUT2D eigenvalue weighted by atomic mass is 16.6. The van der Waals surface area contributed by atoms with Gasteiger partial charge in [0.2, 0.25) is 0 Å². The van der Waals surface area contributed by atoms with Gasteiger partial charge in [-0.2, -0.15) is 0 Å². The van der Waals surface area contributed by atoms with Crippen molar-refractivity contribution in [1.82, 2.24) is 0 Å². The van der Waals surface area contributed by atoms with E-state index in [-0.39, 0.29) is 23.7 Å². The van der Waals surface area contributed by atoms with Gasteiger partial charge in [0.25, 0.3) is 0 Å². The van der Waals surface area contributed by atoms with Crippen LogP contribution in [0.4, 0.5) is 0 Å². The zero-order valence-electron chi connectivity index (χ0n) is 11.0. The lowest BCUT2D eigenvalue weighted by Gasteiger charge is -2.09. The average Bonchev–Trinajstić information content (AvgIpc) is 2.31. The zero-order chi connectivity index (χ0) is 15.4. The Morgan fingerprint density at radius 1 is 1.05 bits per heavy atom. The van der Waals surface area contributed by atoms with E-state index in [0.29, 0.717) is 13.2 Å². The van der Waals surface area contributed by atoms with Crippen LogP contribution >= 0.6 is 0 Å². The Balaban J connectivity index is 0. The summed E-state index contributed by atoms with van der Waals surface area (Å²) < 4.78 is 9.22. The molecule has 108 valence electrons. The minimum atomic E-state index is -0.935. The molecule has 0 radical (unpaired) electrons. The zero-order valence-corrected chi connectivity index (χ0v) is 11.0. The molecule has 0 atom stereocenters. The molecule has 0 aromatic carbocycles.